The van der Waals surface area contributed by atoms with E-state index in [0.717, 1.165) is 6.04 Å². The molecular weight excluding hydrogens is 276 g/mol. The third-order valence-electron chi connectivity index (χ3n) is 4.31. The highest BCUT2D eigenvalue weighted by Gasteiger charge is 2.37. The van der Waals surface area contributed by atoms with E-state index in [4.69, 9.17) is 0 Å². The van der Waals surface area contributed by atoms with Gasteiger partial charge in [0.2, 0.25) is 0 Å². The van der Waals surface area contributed by atoms with Crippen LogP contribution >= 0.6 is 15.9 Å². The molecule has 2 nitrogen and oxygen atoms in total. The fraction of sp³-hybridized carbons (Fsp3) is 0.571. The average molecular weight is 295 g/mol. The van der Waals surface area contributed by atoms with Crippen LogP contribution in [0.2, 0.25) is 0 Å². The second kappa shape index (κ2) is 4.29. The summed E-state index contributed by atoms with van der Waals surface area (Å²) >= 11 is 3.59. The zero-order valence-corrected chi connectivity index (χ0v) is 12.0. The number of hydrogen-bond acceptors (Lipinski definition) is 2. The fourth-order valence-corrected chi connectivity index (χ4v) is 3.68. The zero-order chi connectivity index (χ0) is 12.0. The normalized spacial score (nSPS) is 30.9. The van der Waals surface area contributed by atoms with Gasteiger partial charge in [-0.15, -0.1) is 0 Å². The number of nitrogens with one attached hydrogen (secondary N) is 1. The number of nitrogens with zero attached hydrogens (tertiary/aromatic N) is 1. The van der Waals surface area contributed by atoms with Crippen molar-refractivity contribution in [3.05, 3.63) is 28.2 Å². The molecule has 0 unspecified atom stereocenters. The van der Waals surface area contributed by atoms with Gasteiger partial charge in [-0.3, -0.25) is 0 Å². The molecule has 1 aromatic rings. The molecule has 0 radical (unpaired) electrons. The standard InChI is InChI=1S/C14H19BrN2/c1-17(2)10-4-6-14-12(8-10)11-7-9(15)3-5-13(11)16-14/h3,5,7,10,12,14,16H,4,6,8H2,1-2H3/t10-,12-,14+/m1/s1. The third kappa shape index (κ3) is 2.00. The van der Waals surface area contributed by atoms with Gasteiger partial charge in [0.15, 0.2) is 0 Å². The summed E-state index contributed by atoms with van der Waals surface area (Å²) in [6, 6.07) is 8.04. The number of hydrogen-bond donors (Lipinski definition) is 1. The summed E-state index contributed by atoms with van der Waals surface area (Å²) < 4.78 is 1.20. The van der Waals surface area contributed by atoms with Crippen LogP contribution in [-0.2, 0) is 0 Å². The molecule has 0 aromatic heterocycles. The van der Waals surface area contributed by atoms with Crippen molar-refractivity contribution >= 4 is 21.6 Å². The summed E-state index contributed by atoms with van der Waals surface area (Å²) in [5.74, 6) is 0.698. The van der Waals surface area contributed by atoms with Crippen molar-refractivity contribution in [1.29, 1.82) is 0 Å². The Morgan fingerprint density at radius 3 is 2.88 bits per heavy atom. The molecule has 2 aliphatic rings. The second-order valence-electron chi connectivity index (χ2n) is 5.52. The number of halogens is 1. The first-order chi connectivity index (χ1) is 8.15. The third-order valence-corrected chi connectivity index (χ3v) is 4.80. The van der Waals surface area contributed by atoms with Gasteiger partial charge in [0, 0.05) is 28.2 Å². The Morgan fingerprint density at radius 2 is 2.12 bits per heavy atom. The van der Waals surface area contributed by atoms with Crippen LogP contribution in [0.1, 0.15) is 30.7 Å². The molecule has 3 heteroatoms. The lowest BCUT2D eigenvalue weighted by Crippen LogP contribution is -2.38. The van der Waals surface area contributed by atoms with Crippen LogP contribution in [0.15, 0.2) is 22.7 Å². The van der Waals surface area contributed by atoms with Gasteiger partial charge in [0.25, 0.3) is 0 Å². The largest absolute Gasteiger partial charge is 0.381 e. The van der Waals surface area contributed by atoms with E-state index in [-0.39, 0.29) is 0 Å². The van der Waals surface area contributed by atoms with Crippen LogP contribution in [0.4, 0.5) is 5.69 Å². The van der Waals surface area contributed by atoms with E-state index in [1.165, 1.54) is 35.0 Å². The van der Waals surface area contributed by atoms with Crippen molar-refractivity contribution in [3.63, 3.8) is 0 Å². The molecule has 0 spiro atoms. The first-order valence-corrected chi connectivity index (χ1v) is 7.17. The summed E-state index contributed by atoms with van der Waals surface area (Å²) in [6.45, 7) is 0. The Kier molecular flexibility index (Phi) is 2.91. The summed E-state index contributed by atoms with van der Waals surface area (Å²) in [5, 5.41) is 3.68. The monoisotopic (exact) mass is 294 g/mol. The molecule has 92 valence electrons. The summed E-state index contributed by atoms with van der Waals surface area (Å²) in [5.41, 5.74) is 2.86. The molecule has 1 N–H and O–H groups in total. The van der Waals surface area contributed by atoms with E-state index in [2.05, 4.69) is 58.4 Å². The van der Waals surface area contributed by atoms with E-state index in [9.17, 15) is 0 Å². The highest BCUT2D eigenvalue weighted by atomic mass is 79.9. The van der Waals surface area contributed by atoms with Gasteiger partial charge in [-0.25, -0.2) is 0 Å². The number of anilines is 1. The van der Waals surface area contributed by atoms with E-state index in [0.29, 0.717) is 12.0 Å². The summed E-state index contributed by atoms with van der Waals surface area (Å²) in [7, 11) is 4.41. The molecule has 1 saturated carbocycles. The SMILES string of the molecule is CN(C)[C@@H]1CC[C@@H]2Nc3ccc(Br)cc3[C@H]2C1. The molecule has 0 bridgehead atoms. The van der Waals surface area contributed by atoms with E-state index < -0.39 is 0 Å². The van der Waals surface area contributed by atoms with Crippen LogP contribution in [0.3, 0.4) is 0 Å². The molecule has 3 rings (SSSR count). The Bertz CT molecular complexity index is 430. The Balaban J connectivity index is 1.89. The first kappa shape index (κ1) is 11.5. The van der Waals surface area contributed by atoms with Crippen molar-refractivity contribution in [1.82, 2.24) is 4.90 Å². The minimum atomic E-state index is 0.662. The van der Waals surface area contributed by atoms with Crippen molar-refractivity contribution < 1.29 is 0 Å². The molecule has 1 aliphatic carbocycles. The van der Waals surface area contributed by atoms with Crippen LogP contribution < -0.4 is 5.32 Å². The predicted octanol–water partition coefficient (Wildman–Crippen LogP) is 3.44. The lowest BCUT2D eigenvalue weighted by molar-refractivity contribution is 0.208. The minimum Gasteiger partial charge on any atom is -0.381 e. The van der Waals surface area contributed by atoms with Crippen LogP contribution in [0.5, 0.6) is 0 Å². The summed E-state index contributed by atoms with van der Waals surface area (Å²) in [4.78, 5) is 2.38. The molecule has 1 aromatic carbocycles. The topological polar surface area (TPSA) is 15.3 Å². The van der Waals surface area contributed by atoms with Gasteiger partial charge in [-0.1, -0.05) is 15.9 Å². The first-order valence-electron chi connectivity index (χ1n) is 6.37. The maximum Gasteiger partial charge on any atom is 0.0379 e. The van der Waals surface area contributed by atoms with Gasteiger partial charge in [-0.05, 0) is 57.1 Å². The Labute approximate surface area is 112 Å². The number of benzene rings is 1. The quantitative estimate of drug-likeness (QED) is 0.854. The van der Waals surface area contributed by atoms with Crippen molar-refractivity contribution in [2.75, 3.05) is 19.4 Å². The van der Waals surface area contributed by atoms with Gasteiger partial charge < -0.3 is 10.2 Å². The maximum absolute atomic E-state index is 3.68. The van der Waals surface area contributed by atoms with Gasteiger partial charge in [0.05, 0.1) is 0 Å². The molecular formula is C14H19BrN2. The number of rotatable bonds is 1. The van der Waals surface area contributed by atoms with E-state index >= 15 is 0 Å². The highest BCUT2D eigenvalue weighted by Crippen LogP contribution is 2.45. The molecule has 1 aliphatic heterocycles. The van der Waals surface area contributed by atoms with E-state index in [1.807, 2.05) is 0 Å². The average Bonchev–Trinajstić information content (AvgIpc) is 2.66. The van der Waals surface area contributed by atoms with Gasteiger partial charge >= 0.3 is 0 Å². The predicted molar refractivity (Wildman–Crippen MR) is 75.6 cm³/mol. The van der Waals surface area contributed by atoms with Crippen molar-refractivity contribution in [2.24, 2.45) is 0 Å². The van der Waals surface area contributed by atoms with Crippen molar-refractivity contribution in [2.45, 2.75) is 37.3 Å². The lowest BCUT2D eigenvalue weighted by Gasteiger charge is -2.35. The van der Waals surface area contributed by atoms with Crippen LogP contribution in [0.25, 0.3) is 0 Å². The molecule has 17 heavy (non-hydrogen) atoms. The smallest absolute Gasteiger partial charge is 0.0379 e. The highest BCUT2D eigenvalue weighted by molar-refractivity contribution is 9.10. The van der Waals surface area contributed by atoms with Gasteiger partial charge in [-0.2, -0.15) is 0 Å². The molecule has 1 heterocycles. The lowest BCUT2D eigenvalue weighted by atomic mass is 9.79. The molecule has 0 amide bonds. The molecule has 0 saturated heterocycles. The summed E-state index contributed by atoms with van der Waals surface area (Å²) in [6.07, 6.45) is 3.89. The fourth-order valence-electron chi connectivity index (χ4n) is 3.31. The molecule has 3 atom stereocenters. The Morgan fingerprint density at radius 1 is 1.29 bits per heavy atom. The van der Waals surface area contributed by atoms with Crippen LogP contribution in [0, 0.1) is 0 Å². The Hall–Kier alpha value is -0.540. The van der Waals surface area contributed by atoms with Gasteiger partial charge in [0.1, 0.15) is 0 Å². The van der Waals surface area contributed by atoms with Crippen molar-refractivity contribution in [3.8, 4) is 0 Å². The minimum absolute atomic E-state index is 0.662. The molecule has 1 fully saturated rings. The number of fused-ring (bicyclic) bond motifs is 3. The van der Waals surface area contributed by atoms with E-state index in [1.54, 1.807) is 0 Å². The van der Waals surface area contributed by atoms with Crippen LogP contribution in [-0.4, -0.2) is 31.1 Å². The second-order valence-corrected chi connectivity index (χ2v) is 6.44. The zero-order valence-electron chi connectivity index (χ0n) is 10.4. The maximum atomic E-state index is 3.68.